The molecule has 34 heavy (non-hydrogen) atoms. The number of nitrogens with zero attached hydrogens (tertiary/aromatic N) is 2. The zero-order chi connectivity index (χ0) is 24.4. The summed E-state index contributed by atoms with van der Waals surface area (Å²) < 4.78 is 5.02. The molecule has 0 unspecified atom stereocenters. The van der Waals surface area contributed by atoms with Crippen LogP contribution in [0.25, 0.3) is 0 Å². The highest BCUT2D eigenvalue weighted by molar-refractivity contribution is 6.22. The van der Waals surface area contributed by atoms with Crippen molar-refractivity contribution in [2.45, 2.75) is 45.1 Å². The molecule has 2 aliphatic rings. The van der Waals surface area contributed by atoms with Gasteiger partial charge in [0.1, 0.15) is 5.69 Å². The van der Waals surface area contributed by atoms with Gasteiger partial charge < -0.3 is 10.1 Å². The summed E-state index contributed by atoms with van der Waals surface area (Å²) in [5.74, 6) is -2.39. The van der Waals surface area contributed by atoms with Crippen LogP contribution < -0.4 is 5.32 Å². The van der Waals surface area contributed by atoms with E-state index in [1.807, 2.05) is 0 Å². The average Bonchev–Trinajstić information content (AvgIpc) is 3.08. The van der Waals surface area contributed by atoms with Crippen molar-refractivity contribution in [3.05, 3.63) is 68.8 Å². The third kappa shape index (κ3) is 4.52. The number of nitrogens with one attached hydrogen (secondary N) is 1. The van der Waals surface area contributed by atoms with Crippen LogP contribution in [0.5, 0.6) is 0 Å². The topological polar surface area (TPSA) is 136 Å². The van der Waals surface area contributed by atoms with E-state index >= 15 is 0 Å². The first-order valence-corrected chi connectivity index (χ1v) is 11.0. The third-order valence-corrected chi connectivity index (χ3v) is 6.05. The van der Waals surface area contributed by atoms with Crippen LogP contribution in [0.15, 0.2) is 36.4 Å². The van der Waals surface area contributed by atoms with E-state index in [9.17, 15) is 29.3 Å². The molecule has 3 amide bonds. The molecule has 1 aliphatic heterocycles. The normalized spacial score (nSPS) is 15.7. The van der Waals surface area contributed by atoms with E-state index < -0.39 is 29.3 Å². The van der Waals surface area contributed by atoms with E-state index in [1.54, 1.807) is 13.0 Å². The number of hydrogen-bond donors (Lipinski definition) is 1. The minimum absolute atomic E-state index is 0.0129. The van der Waals surface area contributed by atoms with E-state index in [2.05, 4.69) is 5.32 Å². The fourth-order valence-electron chi connectivity index (χ4n) is 4.36. The second-order valence-corrected chi connectivity index (χ2v) is 8.43. The summed E-state index contributed by atoms with van der Waals surface area (Å²) in [6, 6.07) is 8.29. The summed E-state index contributed by atoms with van der Waals surface area (Å²) in [5, 5.41) is 13.5. The number of rotatable bonds is 6. The number of carbonyl (C=O) groups excluding carboxylic acids is 4. The van der Waals surface area contributed by atoms with Gasteiger partial charge in [0.25, 0.3) is 23.4 Å². The minimum atomic E-state index is -0.854. The molecule has 0 atom stereocenters. The van der Waals surface area contributed by atoms with Gasteiger partial charge in [0.05, 0.1) is 21.6 Å². The fraction of sp³-hybridized carbons (Fsp3) is 0.333. The van der Waals surface area contributed by atoms with Gasteiger partial charge in [-0.2, -0.15) is 0 Å². The first-order valence-electron chi connectivity index (χ1n) is 11.0. The van der Waals surface area contributed by atoms with E-state index in [1.165, 1.54) is 35.2 Å². The van der Waals surface area contributed by atoms with Crippen LogP contribution in [0, 0.1) is 17.0 Å². The number of nitro benzene ring substituents is 1. The lowest BCUT2D eigenvalue weighted by molar-refractivity contribution is -0.384. The van der Waals surface area contributed by atoms with Gasteiger partial charge in [-0.05, 0) is 49.6 Å². The molecule has 1 fully saturated rings. The van der Waals surface area contributed by atoms with Crippen LogP contribution in [-0.2, 0) is 9.53 Å². The molecule has 1 aliphatic carbocycles. The maximum absolute atomic E-state index is 12.9. The molecular formula is C24H23N3O7. The smallest absolute Gasteiger partial charge is 0.338 e. The summed E-state index contributed by atoms with van der Waals surface area (Å²) in [7, 11) is 0. The number of imide groups is 1. The number of nitro groups is 1. The number of benzene rings is 2. The molecule has 2 aromatic rings. The van der Waals surface area contributed by atoms with Gasteiger partial charge in [-0.15, -0.1) is 0 Å². The Balaban J connectivity index is 1.41. The lowest BCUT2D eigenvalue weighted by Gasteiger charge is -2.29. The summed E-state index contributed by atoms with van der Waals surface area (Å²) in [4.78, 5) is 62.2. The number of aryl methyl sites for hydroxylation is 1. The second-order valence-electron chi connectivity index (χ2n) is 8.43. The average molecular weight is 465 g/mol. The first kappa shape index (κ1) is 23.1. The molecule has 10 nitrogen and oxygen atoms in total. The largest absolute Gasteiger partial charge is 0.452 e. The van der Waals surface area contributed by atoms with Crippen LogP contribution >= 0.6 is 0 Å². The number of anilines is 1. The zero-order valence-electron chi connectivity index (χ0n) is 18.5. The van der Waals surface area contributed by atoms with Crippen LogP contribution in [0.2, 0.25) is 0 Å². The molecule has 0 radical (unpaired) electrons. The molecule has 1 heterocycles. The van der Waals surface area contributed by atoms with Crippen molar-refractivity contribution in [1.82, 2.24) is 4.90 Å². The Morgan fingerprint density at radius 1 is 1.06 bits per heavy atom. The summed E-state index contributed by atoms with van der Waals surface area (Å²) in [5.41, 5.74) is 0.786. The van der Waals surface area contributed by atoms with Crippen molar-refractivity contribution in [2.75, 3.05) is 11.9 Å². The standard InChI is InChI=1S/C24H23N3O7/c1-14-7-10-19(20(11-14)27(32)33)25-21(28)13-34-24(31)15-8-9-17-18(12-15)23(30)26(22(17)29)16-5-3-2-4-6-16/h7-12,16H,2-6,13H2,1H3,(H,25,28). The number of fused-ring (bicyclic) bond motifs is 1. The van der Waals surface area contributed by atoms with Gasteiger partial charge in [-0.1, -0.05) is 25.3 Å². The molecule has 2 aromatic carbocycles. The summed E-state index contributed by atoms with van der Waals surface area (Å²) in [6.45, 7) is 1.01. The molecule has 176 valence electrons. The van der Waals surface area contributed by atoms with Crippen molar-refractivity contribution in [3.8, 4) is 0 Å². The molecule has 0 spiro atoms. The summed E-state index contributed by atoms with van der Waals surface area (Å²) in [6.07, 6.45) is 4.55. The lowest BCUT2D eigenvalue weighted by Crippen LogP contribution is -2.40. The molecule has 0 bridgehead atoms. The number of carbonyl (C=O) groups is 4. The molecule has 0 saturated heterocycles. The maximum atomic E-state index is 12.9. The highest BCUT2D eigenvalue weighted by Crippen LogP contribution is 2.31. The quantitative estimate of drug-likeness (QED) is 0.298. The predicted octanol–water partition coefficient (Wildman–Crippen LogP) is 3.63. The highest BCUT2D eigenvalue weighted by Gasteiger charge is 2.40. The zero-order valence-corrected chi connectivity index (χ0v) is 18.5. The van der Waals surface area contributed by atoms with Gasteiger partial charge in [-0.25, -0.2) is 4.79 Å². The van der Waals surface area contributed by atoms with E-state index in [0.29, 0.717) is 5.56 Å². The number of esters is 1. The molecule has 4 rings (SSSR count). The maximum Gasteiger partial charge on any atom is 0.338 e. The Bertz CT molecular complexity index is 1200. The molecule has 1 saturated carbocycles. The summed E-state index contributed by atoms with van der Waals surface area (Å²) >= 11 is 0. The van der Waals surface area contributed by atoms with E-state index in [4.69, 9.17) is 4.74 Å². The molecule has 0 aromatic heterocycles. The predicted molar refractivity (Wildman–Crippen MR) is 121 cm³/mol. The van der Waals surface area contributed by atoms with Gasteiger partial charge >= 0.3 is 5.97 Å². The Kier molecular flexibility index (Phi) is 6.40. The van der Waals surface area contributed by atoms with Crippen molar-refractivity contribution in [1.29, 1.82) is 0 Å². The minimum Gasteiger partial charge on any atom is -0.452 e. The number of amides is 3. The van der Waals surface area contributed by atoms with E-state index in [-0.39, 0.29) is 40.0 Å². The SMILES string of the molecule is Cc1ccc(NC(=O)COC(=O)c2ccc3c(c2)C(=O)N(C2CCCCC2)C3=O)c([N+](=O)[O-])c1. The van der Waals surface area contributed by atoms with Crippen LogP contribution in [0.4, 0.5) is 11.4 Å². The Morgan fingerprint density at radius 2 is 1.76 bits per heavy atom. The molecule has 10 heteroatoms. The number of hydrogen-bond acceptors (Lipinski definition) is 7. The monoisotopic (exact) mass is 465 g/mol. The fourth-order valence-corrected chi connectivity index (χ4v) is 4.36. The van der Waals surface area contributed by atoms with Crippen molar-refractivity contribution >= 4 is 35.1 Å². The van der Waals surface area contributed by atoms with Crippen molar-refractivity contribution in [2.24, 2.45) is 0 Å². The van der Waals surface area contributed by atoms with Crippen LogP contribution in [-0.4, -0.2) is 46.2 Å². The number of ether oxygens (including phenoxy) is 1. The van der Waals surface area contributed by atoms with Gasteiger partial charge in [0, 0.05) is 12.1 Å². The Hall–Kier alpha value is -4.08. The highest BCUT2D eigenvalue weighted by atomic mass is 16.6. The van der Waals surface area contributed by atoms with E-state index in [0.717, 1.165) is 32.1 Å². The Morgan fingerprint density at radius 3 is 2.47 bits per heavy atom. The van der Waals surface area contributed by atoms with Gasteiger partial charge in [0.15, 0.2) is 6.61 Å². The lowest BCUT2D eigenvalue weighted by atomic mass is 9.94. The molecule has 1 N–H and O–H groups in total. The third-order valence-electron chi connectivity index (χ3n) is 6.05. The van der Waals surface area contributed by atoms with Crippen molar-refractivity contribution < 1.29 is 28.8 Å². The van der Waals surface area contributed by atoms with Crippen LogP contribution in [0.1, 0.15) is 68.7 Å². The second kappa shape index (κ2) is 9.42. The van der Waals surface area contributed by atoms with Gasteiger partial charge in [0.2, 0.25) is 0 Å². The van der Waals surface area contributed by atoms with Crippen molar-refractivity contribution in [3.63, 3.8) is 0 Å². The molecular weight excluding hydrogens is 442 g/mol. The Labute approximate surface area is 195 Å². The van der Waals surface area contributed by atoms with Gasteiger partial charge in [-0.3, -0.25) is 29.4 Å². The van der Waals surface area contributed by atoms with Crippen LogP contribution in [0.3, 0.4) is 0 Å². The first-order chi connectivity index (χ1) is 16.3.